The van der Waals surface area contributed by atoms with E-state index in [1.807, 2.05) is 20.8 Å². The summed E-state index contributed by atoms with van der Waals surface area (Å²) in [6, 6.07) is 0. The van der Waals surface area contributed by atoms with Crippen molar-refractivity contribution in [3.8, 4) is 0 Å². The number of ketones is 2. The molecule has 0 aromatic heterocycles. The fraction of sp³-hybridized carbons (Fsp3) is 0.920. The highest BCUT2D eigenvalue weighted by Gasteiger charge is 2.74. The molecule has 33 heavy (non-hydrogen) atoms. The van der Waals surface area contributed by atoms with Gasteiger partial charge in [-0.15, -0.1) is 0 Å². The summed E-state index contributed by atoms with van der Waals surface area (Å²) < 4.78 is 17.8. The van der Waals surface area contributed by atoms with Gasteiger partial charge in [-0.3, -0.25) is 9.59 Å². The van der Waals surface area contributed by atoms with Crippen molar-refractivity contribution in [3.63, 3.8) is 0 Å². The minimum atomic E-state index is -1.57. The Labute approximate surface area is 195 Å². The number of rotatable bonds is 4. The summed E-state index contributed by atoms with van der Waals surface area (Å²) in [7, 11) is 0. The number of fused-ring (bicyclic) bond motifs is 2. The van der Waals surface area contributed by atoms with Gasteiger partial charge in [0.1, 0.15) is 29.4 Å². The highest BCUT2D eigenvalue weighted by molar-refractivity contribution is 5.89. The number of hydrogen-bond donors (Lipinski definition) is 3. The van der Waals surface area contributed by atoms with Crippen molar-refractivity contribution < 1.29 is 39.1 Å². The first-order valence-electron chi connectivity index (χ1n) is 12.5. The summed E-state index contributed by atoms with van der Waals surface area (Å²) in [5.74, 6) is -0.929. The molecular formula is C25H38O8. The molecule has 5 rings (SSSR count). The minimum Gasteiger partial charge on any atom is -0.388 e. The molecule has 2 saturated carbocycles. The zero-order chi connectivity index (χ0) is 23.9. The van der Waals surface area contributed by atoms with Crippen LogP contribution in [0.2, 0.25) is 0 Å². The summed E-state index contributed by atoms with van der Waals surface area (Å²) in [6.45, 7) is 7.78. The molecule has 0 aromatic rings. The van der Waals surface area contributed by atoms with E-state index in [4.69, 9.17) is 14.2 Å². The molecule has 0 amide bonds. The van der Waals surface area contributed by atoms with Crippen molar-refractivity contribution in [1.82, 2.24) is 0 Å². The third-order valence-electron chi connectivity index (χ3n) is 9.77. The first kappa shape index (κ1) is 23.8. The molecule has 0 aromatic carbocycles. The molecule has 8 nitrogen and oxygen atoms in total. The van der Waals surface area contributed by atoms with Crippen LogP contribution in [0.3, 0.4) is 0 Å². The zero-order valence-corrected chi connectivity index (χ0v) is 20.0. The third kappa shape index (κ3) is 3.24. The van der Waals surface area contributed by atoms with Gasteiger partial charge in [0.25, 0.3) is 0 Å². The second kappa shape index (κ2) is 7.80. The Balaban J connectivity index is 1.47. The molecule has 1 unspecified atom stereocenters. The maximum absolute atomic E-state index is 13.9. The Morgan fingerprint density at radius 1 is 1.12 bits per heavy atom. The number of carbonyl (C=O) groups is 2. The Kier molecular flexibility index (Phi) is 5.63. The third-order valence-corrected chi connectivity index (χ3v) is 9.77. The van der Waals surface area contributed by atoms with Gasteiger partial charge >= 0.3 is 0 Å². The molecule has 3 aliphatic heterocycles. The van der Waals surface area contributed by atoms with Crippen LogP contribution in [0.15, 0.2) is 0 Å². The van der Waals surface area contributed by atoms with Crippen LogP contribution >= 0.6 is 0 Å². The van der Waals surface area contributed by atoms with Gasteiger partial charge in [0.15, 0.2) is 12.6 Å². The molecule has 5 fully saturated rings. The van der Waals surface area contributed by atoms with Crippen molar-refractivity contribution in [3.05, 3.63) is 0 Å². The van der Waals surface area contributed by atoms with Crippen LogP contribution in [0.1, 0.15) is 66.2 Å². The van der Waals surface area contributed by atoms with E-state index in [0.29, 0.717) is 32.1 Å². The summed E-state index contributed by atoms with van der Waals surface area (Å²) in [6.07, 6.45) is -1.27. The van der Waals surface area contributed by atoms with Crippen molar-refractivity contribution in [1.29, 1.82) is 0 Å². The van der Waals surface area contributed by atoms with Gasteiger partial charge in [-0.2, -0.15) is 0 Å². The molecule has 3 N–H and O–H groups in total. The van der Waals surface area contributed by atoms with Crippen molar-refractivity contribution >= 4 is 11.6 Å². The van der Waals surface area contributed by atoms with Crippen molar-refractivity contribution in [2.24, 2.45) is 34.5 Å². The second-order valence-corrected chi connectivity index (χ2v) is 12.0. The van der Waals surface area contributed by atoms with Crippen molar-refractivity contribution in [2.75, 3.05) is 6.61 Å². The molecule has 0 bridgehead atoms. The lowest BCUT2D eigenvalue weighted by atomic mass is 9.53. The lowest BCUT2D eigenvalue weighted by molar-refractivity contribution is -0.354. The van der Waals surface area contributed by atoms with E-state index in [-0.39, 0.29) is 30.0 Å². The molecule has 0 radical (unpaired) electrons. The highest BCUT2D eigenvalue weighted by Crippen LogP contribution is 2.64. The van der Waals surface area contributed by atoms with Crippen LogP contribution < -0.4 is 0 Å². The number of aliphatic hydroxyl groups excluding tert-OH is 2. The van der Waals surface area contributed by atoms with Gasteiger partial charge in [-0.05, 0) is 32.1 Å². The fourth-order valence-corrected chi connectivity index (χ4v) is 7.55. The van der Waals surface area contributed by atoms with E-state index in [1.165, 1.54) is 0 Å². The van der Waals surface area contributed by atoms with Gasteiger partial charge < -0.3 is 29.5 Å². The molecule has 11 atom stereocenters. The number of hydrogen-bond acceptors (Lipinski definition) is 8. The molecule has 8 heteroatoms. The monoisotopic (exact) mass is 466 g/mol. The van der Waals surface area contributed by atoms with Crippen LogP contribution in [-0.2, 0) is 23.8 Å². The average Bonchev–Trinajstić information content (AvgIpc) is 3.00. The maximum atomic E-state index is 13.9. The number of ether oxygens (including phenoxy) is 3. The zero-order valence-electron chi connectivity index (χ0n) is 20.0. The molecular weight excluding hydrogens is 428 g/mol. The van der Waals surface area contributed by atoms with Crippen molar-refractivity contribution in [2.45, 2.75) is 103 Å². The SMILES string of the molecule is CC(C)C(=O)CC[C@]1(C)CC[C@]2(C)[C@H](CC[C@H]3[C@@H]4[C@H]2O[C@@H]2OC[C@@H](O)[C@H](O[C@@H]3O)C24O)C1=O. The first-order chi connectivity index (χ1) is 15.4. The number of carbonyl (C=O) groups excluding carboxylic acids is 2. The topological polar surface area (TPSA) is 123 Å². The molecule has 3 heterocycles. The van der Waals surface area contributed by atoms with Crippen LogP contribution in [0, 0.1) is 34.5 Å². The smallest absolute Gasteiger partial charge is 0.189 e. The first-order valence-corrected chi connectivity index (χ1v) is 12.5. The lowest BCUT2D eigenvalue weighted by Gasteiger charge is -2.53. The predicted molar refractivity (Wildman–Crippen MR) is 116 cm³/mol. The second-order valence-electron chi connectivity index (χ2n) is 12.0. The van der Waals surface area contributed by atoms with Gasteiger partial charge in [0.05, 0.1) is 12.7 Å². The van der Waals surface area contributed by atoms with Crippen LogP contribution in [0.4, 0.5) is 0 Å². The summed E-state index contributed by atoms with van der Waals surface area (Å²) in [4.78, 5) is 26.2. The molecule has 5 aliphatic rings. The van der Waals surface area contributed by atoms with Gasteiger partial charge in [0, 0.05) is 40.9 Å². The number of Topliss-reactive ketones (excluding diaryl/α,β-unsaturated/α-hetero) is 2. The Bertz CT molecular complexity index is 829. The largest absolute Gasteiger partial charge is 0.388 e. The van der Waals surface area contributed by atoms with Gasteiger partial charge in [-0.1, -0.05) is 27.7 Å². The van der Waals surface area contributed by atoms with E-state index in [1.54, 1.807) is 0 Å². The Morgan fingerprint density at radius 2 is 1.85 bits per heavy atom. The average molecular weight is 467 g/mol. The minimum absolute atomic E-state index is 0.0423. The standard InChI is InChI=1S/C25H38O8/c1-12(2)15(26)7-8-23(3)9-10-24(4)14(18(23)28)6-5-13-17-20(24)33-22-25(17,30)19(32-21(13)29)16(27)11-31-22/h12-14,16-17,19-22,27,29-30H,5-11H2,1-4H3/t13-,14+,16+,17+,19-,20+,21-,22-,23+,24+,25?/m0/s1. The molecule has 2 aliphatic carbocycles. The summed E-state index contributed by atoms with van der Waals surface area (Å²) in [5.41, 5.74) is -2.68. The molecule has 0 spiro atoms. The van der Waals surface area contributed by atoms with E-state index in [9.17, 15) is 24.9 Å². The van der Waals surface area contributed by atoms with E-state index >= 15 is 0 Å². The van der Waals surface area contributed by atoms with E-state index in [0.717, 1.165) is 6.42 Å². The Hall–Kier alpha value is -0.900. The maximum Gasteiger partial charge on any atom is 0.189 e. The number of aliphatic hydroxyl groups is 3. The summed E-state index contributed by atoms with van der Waals surface area (Å²) in [5, 5.41) is 33.1. The quantitative estimate of drug-likeness (QED) is 0.571. The molecule has 3 saturated heterocycles. The van der Waals surface area contributed by atoms with Crippen LogP contribution in [-0.4, -0.2) is 70.0 Å². The van der Waals surface area contributed by atoms with Gasteiger partial charge in [0.2, 0.25) is 0 Å². The Morgan fingerprint density at radius 3 is 2.55 bits per heavy atom. The van der Waals surface area contributed by atoms with Crippen LogP contribution in [0.5, 0.6) is 0 Å². The van der Waals surface area contributed by atoms with Gasteiger partial charge in [-0.25, -0.2) is 0 Å². The molecule has 186 valence electrons. The highest BCUT2D eigenvalue weighted by atomic mass is 16.7. The predicted octanol–water partition coefficient (Wildman–Crippen LogP) is 1.57. The fourth-order valence-electron chi connectivity index (χ4n) is 7.55. The lowest BCUT2D eigenvalue weighted by Crippen LogP contribution is -2.70. The normalized spacial score (nSPS) is 53.4. The van der Waals surface area contributed by atoms with E-state index < -0.39 is 59.2 Å². The van der Waals surface area contributed by atoms with E-state index in [2.05, 4.69) is 6.92 Å². The summed E-state index contributed by atoms with van der Waals surface area (Å²) >= 11 is 0. The van der Waals surface area contributed by atoms with Crippen LogP contribution in [0.25, 0.3) is 0 Å².